The molecule has 1 aliphatic carbocycles. The third-order valence-electron chi connectivity index (χ3n) is 6.52. The molecule has 1 aliphatic heterocycles. The van der Waals surface area contributed by atoms with E-state index in [0.717, 1.165) is 48.3 Å². The first-order valence-electron chi connectivity index (χ1n) is 12.0. The maximum atomic E-state index is 13.9. The van der Waals surface area contributed by atoms with E-state index in [2.05, 4.69) is 23.8 Å². The lowest BCUT2D eigenvalue weighted by atomic mass is 9.91. The van der Waals surface area contributed by atoms with Crippen molar-refractivity contribution in [3.8, 4) is 11.6 Å². The number of thioether (sulfide) groups is 1. The second kappa shape index (κ2) is 11.1. The molecule has 14 heteroatoms. The third-order valence-corrected chi connectivity index (χ3v) is 9.70. The molecule has 3 heterocycles. The van der Waals surface area contributed by atoms with E-state index in [1.165, 1.54) is 12.1 Å². The fourth-order valence-electron chi connectivity index (χ4n) is 4.61. The molecule has 2 fully saturated rings. The minimum absolute atomic E-state index is 0.0560. The average molecular weight is 568 g/mol. The van der Waals surface area contributed by atoms with Gasteiger partial charge in [-0.05, 0) is 68.2 Å². The van der Waals surface area contributed by atoms with Gasteiger partial charge in [0.25, 0.3) is 5.91 Å². The summed E-state index contributed by atoms with van der Waals surface area (Å²) in [5.74, 6) is 0.586. The summed E-state index contributed by atoms with van der Waals surface area (Å²) in [4.78, 5) is 16.7. The summed E-state index contributed by atoms with van der Waals surface area (Å²) in [7, 11) is -4.05. The van der Waals surface area contributed by atoms with Crippen LogP contribution in [0.15, 0.2) is 29.3 Å². The van der Waals surface area contributed by atoms with Gasteiger partial charge in [-0.1, -0.05) is 0 Å². The van der Waals surface area contributed by atoms with Crippen molar-refractivity contribution in [3.05, 3.63) is 35.8 Å². The molecule has 0 bridgehead atoms. The highest BCUT2D eigenvalue weighted by Gasteiger charge is 2.31. The predicted octanol–water partition coefficient (Wildman–Crippen LogP) is 3.22. The fourth-order valence-corrected chi connectivity index (χ4v) is 7.82. The Labute approximate surface area is 221 Å². The number of carbonyl (C=O) groups is 1. The molecule has 1 amide bonds. The topological polar surface area (TPSA) is 143 Å². The van der Waals surface area contributed by atoms with E-state index >= 15 is 0 Å². The molecule has 5 rings (SSSR count). The number of aromatic hydroxyl groups is 1. The molecule has 0 radical (unpaired) electrons. The molecule has 3 N–H and O–H groups in total. The first kappa shape index (κ1) is 26.1. The number of phenols is 1. The number of ether oxygens (including phenoxy) is 1. The van der Waals surface area contributed by atoms with Crippen LogP contribution in [0.25, 0.3) is 11.0 Å². The van der Waals surface area contributed by atoms with Crippen LogP contribution in [-0.2, 0) is 10.0 Å². The van der Waals surface area contributed by atoms with Gasteiger partial charge in [0.15, 0.2) is 4.90 Å². The summed E-state index contributed by atoms with van der Waals surface area (Å²) in [6.45, 7) is 0. The van der Waals surface area contributed by atoms with Gasteiger partial charge in [-0.15, -0.1) is 0 Å². The van der Waals surface area contributed by atoms with Crippen molar-refractivity contribution in [2.24, 2.45) is 0 Å². The number of amides is 1. The Hall–Kier alpha value is -2.55. The van der Waals surface area contributed by atoms with Gasteiger partial charge >= 0.3 is 0 Å². The number of phenolic OH excluding ortho intramolecular Hbond substituents is 1. The van der Waals surface area contributed by atoms with Crippen molar-refractivity contribution in [1.82, 2.24) is 23.8 Å². The van der Waals surface area contributed by atoms with E-state index in [1.807, 2.05) is 11.8 Å². The number of benzene rings is 1. The summed E-state index contributed by atoms with van der Waals surface area (Å²) < 4.78 is 56.7. The zero-order chi connectivity index (χ0) is 26.0. The van der Waals surface area contributed by atoms with Crippen molar-refractivity contribution < 1.29 is 27.4 Å². The number of rotatable bonds is 7. The lowest BCUT2D eigenvalue weighted by Crippen LogP contribution is -2.44. The number of nitrogens with one attached hydrogen (secondary N) is 2. The smallest absolute Gasteiger partial charge is 0.257 e. The average Bonchev–Trinajstić information content (AvgIpc) is 3.35. The monoisotopic (exact) mass is 567 g/mol. The van der Waals surface area contributed by atoms with E-state index in [0.29, 0.717) is 31.2 Å². The van der Waals surface area contributed by atoms with Gasteiger partial charge < -0.3 is 15.2 Å². The molecular weight excluding hydrogens is 541 g/mol. The van der Waals surface area contributed by atoms with Crippen molar-refractivity contribution in [2.45, 2.75) is 61.6 Å². The van der Waals surface area contributed by atoms with E-state index in [4.69, 9.17) is 4.74 Å². The van der Waals surface area contributed by atoms with Gasteiger partial charge in [0.2, 0.25) is 15.9 Å². The van der Waals surface area contributed by atoms with Crippen LogP contribution in [0.5, 0.6) is 11.6 Å². The van der Waals surface area contributed by atoms with Crippen LogP contribution in [0, 0.1) is 5.82 Å². The van der Waals surface area contributed by atoms with E-state index < -0.39 is 21.7 Å². The SMILES string of the molecule is O=C(NC1CCC(NS(=O)(=O)c2c(O)ccc3nsnc23)CC1)c1cc(F)cnc1OC1CCSCC1. The fraction of sp³-hybridized carbons (Fsp3) is 0.478. The highest BCUT2D eigenvalue weighted by Crippen LogP contribution is 2.31. The van der Waals surface area contributed by atoms with Crippen LogP contribution in [0.1, 0.15) is 48.9 Å². The molecule has 0 unspecified atom stereocenters. The van der Waals surface area contributed by atoms with Gasteiger partial charge in [0.05, 0.1) is 17.9 Å². The second-order valence-electron chi connectivity index (χ2n) is 9.12. The molecule has 1 saturated heterocycles. The molecule has 1 saturated carbocycles. The van der Waals surface area contributed by atoms with Crippen LogP contribution in [0.3, 0.4) is 0 Å². The molecular formula is C23H26FN5O5S3. The number of pyridine rings is 1. The summed E-state index contributed by atoms with van der Waals surface area (Å²) in [6, 6.07) is 3.35. The zero-order valence-electron chi connectivity index (χ0n) is 19.7. The number of carbonyl (C=O) groups excluding carboxylic acids is 1. The zero-order valence-corrected chi connectivity index (χ0v) is 22.2. The van der Waals surface area contributed by atoms with Gasteiger partial charge in [0, 0.05) is 12.1 Å². The van der Waals surface area contributed by atoms with Gasteiger partial charge in [-0.3, -0.25) is 4.79 Å². The number of sulfonamides is 1. The Morgan fingerprint density at radius 2 is 1.81 bits per heavy atom. The molecule has 3 aromatic rings. The largest absolute Gasteiger partial charge is 0.506 e. The number of fused-ring (bicyclic) bond motifs is 1. The van der Waals surface area contributed by atoms with Gasteiger partial charge in [-0.25, -0.2) is 22.5 Å². The van der Waals surface area contributed by atoms with Crippen LogP contribution < -0.4 is 14.8 Å². The minimum Gasteiger partial charge on any atom is -0.506 e. The number of halogens is 1. The van der Waals surface area contributed by atoms with Crippen molar-refractivity contribution in [2.75, 3.05) is 11.5 Å². The summed E-state index contributed by atoms with van der Waals surface area (Å²) in [5.41, 5.74) is 0.584. The lowest BCUT2D eigenvalue weighted by molar-refractivity contribution is 0.0914. The third kappa shape index (κ3) is 5.97. The number of aromatic nitrogens is 3. The molecule has 198 valence electrons. The van der Waals surface area contributed by atoms with Gasteiger partial charge in [-0.2, -0.15) is 20.5 Å². The standard InChI is InChI=1S/C23H26FN5O5S3/c24-13-11-17(23(25-12-13)34-16-7-9-35-10-8-16)22(31)26-14-1-3-15(4-2-14)29-37(32,33)21-19(30)6-5-18-20(21)28-36-27-18/h5-6,11-12,14-16,29-30H,1-4,7-10H2,(H,26,31). The van der Waals surface area contributed by atoms with Crippen molar-refractivity contribution in [1.29, 1.82) is 0 Å². The van der Waals surface area contributed by atoms with E-state index in [9.17, 15) is 22.7 Å². The normalized spacial score (nSPS) is 21.1. The summed E-state index contributed by atoms with van der Waals surface area (Å²) in [6.07, 6.45) is 4.66. The Kier molecular flexibility index (Phi) is 7.79. The first-order chi connectivity index (χ1) is 17.8. The maximum absolute atomic E-state index is 13.9. The van der Waals surface area contributed by atoms with Crippen LogP contribution in [0.4, 0.5) is 4.39 Å². The molecule has 2 aliphatic rings. The van der Waals surface area contributed by atoms with E-state index in [1.54, 1.807) is 0 Å². The molecule has 0 atom stereocenters. The molecule has 10 nitrogen and oxygen atoms in total. The Morgan fingerprint density at radius 1 is 1.08 bits per heavy atom. The molecule has 0 spiro atoms. The Morgan fingerprint density at radius 3 is 2.57 bits per heavy atom. The number of nitrogens with zero attached hydrogens (tertiary/aromatic N) is 3. The molecule has 37 heavy (non-hydrogen) atoms. The van der Waals surface area contributed by atoms with Crippen LogP contribution in [0.2, 0.25) is 0 Å². The predicted molar refractivity (Wildman–Crippen MR) is 138 cm³/mol. The highest BCUT2D eigenvalue weighted by atomic mass is 32.2. The highest BCUT2D eigenvalue weighted by molar-refractivity contribution is 7.99. The maximum Gasteiger partial charge on any atom is 0.257 e. The second-order valence-corrected chi connectivity index (χ2v) is 12.5. The van der Waals surface area contributed by atoms with Gasteiger partial charge in [0.1, 0.15) is 34.3 Å². The molecule has 1 aromatic carbocycles. The number of hydrogen-bond acceptors (Lipinski definition) is 10. The van der Waals surface area contributed by atoms with Crippen LogP contribution in [-0.4, -0.2) is 62.9 Å². The van der Waals surface area contributed by atoms with E-state index in [-0.39, 0.29) is 45.8 Å². The summed E-state index contributed by atoms with van der Waals surface area (Å²) in [5, 5.41) is 13.1. The Balaban J connectivity index is 1.20. The van der Waals surface area contributed by atoms with Crippen molar-refractivity contribution >= 4 is 50.5 Å². The molecule has 2 aromatic heterocycles. The summed E-state index contributed by atoms with van der Waals surface area (Å²) >= 11 is 2.72. The minimum atomic E-state index is -4.05. The number of hydrogen-bond donors (Lipinski definition) is 3. The van der Waals surface area contributed by atoms with Crippen LogP contribution >= 0.6 is 23.5 Å². The lowest BCUT2D eigenvalue weighted by Gasteiger charge is -2.30. The Bertz CT molecular complexity index is 1390. The quantitative estimate of drug-likeness (QED) is 0.392. The first-order valence-corrected chi connectivity index (χ1v) is 15.3. The van der Waals surface area contributed by atoms with Crippen molar-refractivity contribution in [3.63, 3.8) is 0 Å².